The van der Waals surface area contributed by atoms with E-state index in [0.29, 0.717) is 4.34 Å². The van der Waals surface area contributed by atoms with E-state index in [1.807, 2.05) is 0 Å². The average molecular weight is 276 g/mol. The second-order valence-electron chi connectivity index (χ2n) is 4.28. The molecule has 1 rings (SSSR count). The summed E-state index contributed by atoms with van der Waals surface area (Å²) in [5.41, 5.74) is -1.27. The SMILES string of the molecule is CC(C(=O)NC(C)(C)C(=O)O)c1ccc(Cl)s1. The summed E-state index contributed by atoms with van der Waals surface area (Å²) in [6.07, 6.45) is 0. The second kappa shape index (κ2) is 5.06. The Morgan fingerprint density at radius 3 is 2.47 bits per heavy atom. The van der Waals surface area contributed by atoms with E-state index < -0.39 is 17.4 Å². The first-order valence-electron chi connectivity index (χ1n) is 5.04. The first-order valence-corrected chi connectivity index (χ1v) is 6.24. The van der Waals surface area contributed by atoms with E-state index >= 15 is 0 Å². The molecular formula is C11H14ClNO3S. The molecule has 0 radical (unpaired) electrons. The van der Waals surface area contributed by atoms with Crippen LogP contribution in [-0.2, 0) is 9.59 Å². The third-order valence-electron chi connectivity index (χ3n) is 2.38. The largest absolute Gasteiger partial charge is 0.480 e. The lowest BCUT2D eigenvalue weighted by Crippen LogP contribution is -2.50. The molecule has 0 aliphatic rings. The van der Waals surface area contributed by atoms with E-state index in [-0.39, 0.29) is 5.91 Å². The summed E-state index contributed by atoms with van der Waals surface area (Å²) in [6.45, 7) is 4.61. The van der Waals surface area contributed by atoms with E-state index in [2.05, 4.69) is 5.32 Å². The first kappa shape index (κ1) is 14.0. The van der Waals surface area contributed by atoms with Gasteiger partial charge in [-0.05, 0) is 32.9 Å². The fourth-order valence-electron chi connectivity index (χ4n) is 1.16. The van der Waals surface area contributed by atoms with Crippen molar-refractivity contribution >= 4 is 34.8 Å². The van der Waals surface area contributed by atoms with Gasteiger partial charge in [0.2, 0.25) is 5.91 Å². The minimum Gasteiger partial charge on any atom is -0.480 e. The predicted octanol–water partition coefficient (Wildman–Crippen LogP) is 2.48. The van der Waals surface area contributed by atoms with Gasteiger partial charge in [0.05, 0.1) is 10.3 Å². The van der Waals surface area contributed by atoms with Crippen molar-refractivity contribution in [3.05, 3.63) is 21.3 Å². The van der Waals surface area contributed by atoms with Gasteiger partial charge >= 0.3 is 5.97 Å². The van der Waals surface area contributed by atoms with E-state index in [4.69, 9.17) is 16.7 Å². The van der Waals surface area contributed by atoms with E-state index in [1.165, 1.54) is 25.2 Å². The molecule has 0 aliphatic heterocycles. The Morgan fingerprint density at radius 1 is 1.47 bits per heavy atom. The molecule has 0 fully saturated rings. The summed E-state index contributed by atoms with van der Waals surface area (Å²) in [5.74, 6) is -1.80. The van der Waals surface area contributed by atoms with Gasteiger partial charge in [0.15, 0.2) is 0 Å². The Hall–Kier alpha value is -1.07. The monoisotopic (exact) mass is 275 g/mol. The molecule has 1 aromatic heterocycles. The molecule has 0 aromatic carbocycles. The average Bonchev–Trinajstić information content (AvgIpc) is 2.62. The predicted molar refractivity (Wildman–Crippen MR) is 67.6 cm³/mol. The molecule has 1 heterocycles. The second-order valence-corrected chi connectivity index (χ2v) is 6.03. The van der Waals surface area contributed by atoms with Crippen molar-refractivity contribution in [2.24, 2.45) is 0 Å². The van der Waals surface area contributed by atoms with Crippen molar-refractivity contribution in [1.82, 2.24) is 5.32 Å². The van der Waals surface area contributed by atoms with Crippen LogP contribution in [0.5, 0.6) is 0 Å². The number of nitrogens with one attached hydrogen (secondary N) is 1. The zero-order chi connectivity index (χ0) is 13.2. The van der Waals surface area contributed by atoms with Crippen molar-refractivity contribution in [2.45, 2.75) is 32.2 Å². The van der Waals surface area contributed by atoms with Gasteiger partial charge < -0.3 is 10.4 Å². The summed E-state index contributed by atoms with van der Waals surface area (Å²) in [6, 6.07) is 3.48. The molecule has 2 N–H and O–H groups in total. The fourth-order valence-corrected chi connectivity index (χ4v) is 2.27. The third-order valence-corrected chi connectivity index (χ3v) is 3.80. The number of carboxylic acids is 1. The Kier molecular flexibility index (Phi) is 4.16. The maximum Gasteiger partial charge on any atom is 0.328 e. The van der Waals surface area contributed by atoms with Crippen molar-refractivity contribution in [2.75, 3.05) is 0 Å². The standard InChI is InChI=1S/C11H14ClNO3S/c1-6(7-4-5-8(12)17-7)9(14)13-11(2,3)10(15)16/h4-6H,1-3H3,(H,13,14)(H,15,16). The van der Waals surface area contributed by atoms with E-state index in [1.54, 1.807) is 19.1 Å². The van der Waals surface area contributed by atoms with Crippen molar-refractivity contribution in [1.29, 1.82) is 0 Å². The highest BCUT2D eigenvalue weighted by atomic mass is 35.5. The molecule has 1 amide bonds. The molecule has 1 atom stereocenters. The van der Waals surface area contributed by atoms with Crippen molar-refractivity contribution < 1.29 is 14.7 Å². The molecule has 4 nitrogen and oxygen atoms in total. The zero-order valence-corrected chi connectivity index (χ0v) is 11.4. The van der Waals surface area contributed by atoms with E-state index in [9.17, 15) is 9.59 Å². The minimum atomic E-state index is -1.27. The van der Waals surface area contributed by atoms with Gasteiger partial charge in [-0.1, -0.05) is 11.6 Å². The van der Waals surface area contributed by atoms with Crippen molar-refractivity contribution in [3.63, 3.8) is 0 Å². The summed E-state index contributed by atoms with van der Waals surface area (Å²) >= 11 is 7.10. The number of carboxylic acid groups (broad SMARTS) is 1. The number of amides is 1. The van der Waals surface area contributed by atoms with Gasteiger partial charge in [0.1, 0.15) is 5.54 Å². The fraction of sp³-hybridized carbons (Fsp3) is 0.455. The van der Waals surface area contributed by atoms with Gasteiger partial charge in [0.25, 0.3) is 0 Å². The summed E-state index contributed by atoms with van der Waals surface area (Å²) in [4.78, 5) is 23.6. The lowest BCUT2D eigenvalue weighted by Gasteiger charge is -2.23. The Labute approximate surface area is 109 Å². The van der Waals surface area contributed by atoms with Crippen LogP contribution in [0.1, 0.15) is 31.6 Å². The lowest BCUT2D eigenvalue weighted by molar-refractivity contribution is -0.146. The number of aliphatic carboxylic acids is 1. The van der Waals surface area contributed by atoms with Gasteiger partial charge in [-0.2, -0.15) is 0 Å². The molecule has 0 saturated heterocycles. The maximum absolute atomic E-state index is 11.9. The van der Waals surface area contributed by atoms with Crippen LogP contribution in [0.2, 0.25) is 4.34 Å². The number of thiophene rings is 1. The smallest absolute Gasteiger partial charge is 0.328 e. The molecule has 0 spiro atoms. The van der Waals surface area contributed by atoms with Crippen LogP contribution in [0.25, 0.3) is 0 Å². The number of rotatable bonds is 4. The van der Waals surface area contributed by atoms with Crippen LogP contribution in [0.15, 0.2) is 12.1 Å². The highest BCUT2D eigenvalue weighted by Crippen LogP contribution is 2.28. The van der Waals surface area contributed by atoms with Gasteiger partial charge in [-0.15, -0.1) is 11.3 Å². The molecule has 17 heavy (non-hydrogen) atoms. The van der Waals surface area contributed by atoms with Crippen LogP contribution in [-0.4, -0.2) is 22.5 Å². The summed E-state index contributed by atoms with van der Waals surface area (Å²) in [5, 5.41) is 11.4. The number of halogens is 1. The quantitative estimate of drug-likeness (QED) is 0.887. The summed E-state index contributed by atoms with van der Waals surface area (Å²) < 4.78 is 0.608. The first-order chi connectivity index (χ1) is 7.74. The molecule has 1 unspecified atom stereocenters. The Morgan fingerprint density at radius 2 is 2.06 bits per heavy atom. The van der Waals surface area contributed by atoms with Gasteiger partial charge in [0, 0.05) is 4.88 Å². The molecular weight excluding hydrogens is 262 g/mol. The lowest BCUT2D eigenvalue weighted by atomic mass is 10.0. The van der Waals surface area contributed by atoms with Crippen LogP contribution in [0.3, 0.4) is 0 Å². The van der Waals surface area contributed by atoms with Crippen LogP contribution >= 0.6 is 22.9 Å². The molecule has 94 valence electrons. The highest BCUT2D eigenvalue weighted by Gasteiger charge is 2.31. The topological polar surface area (TPSA) is 66.4 Å². The molecule has 0 saturated carbocycles. The summed E-state index contributed by atoms with van der Waals surface area (Å²) in [7, 11) is 0. The van der Waals surface area contributed by atoms with Crippen LogP contribution in [0.4, 0.5) is 0 Å². The van der Waals surface area contributed by atoms with Gasteiger partial charge in [-0.25, -0.2) is 4.79 Å². The molecule has 0 aliphatic carbocycles. The number of carbonyl (C=O) groups excluding carboxylic acids is 1. The maximum atomic E-state index is 11.9. The third kappa shape index (κ3) is 3.44. The van der Waals surface area contributed by atoms with Crippen LogP contribution in [0, 0.1) is 0 Å². The van der Waals surface area contributed by atoms with Gasteiger partial charge in [-0.3, -0.25) is 4.79 Å². The zero-order valence-electron chi connectivity index (χ0n) is 9.78. The Balaban J connectivity index is 2.75. The number of hydrogen-bond acceptors (Lipinski definition) is 3. The Bertz CT molecular complexity index is 442. The molecule has 0 bridgehead atoms. The molecule has 6 heteroatoms. The van der Waals surface area contributed by atoms with Crippen molar-refractivity contribution in [3.8, 4) is 0 Å². The highest BCUT2D eigenvalue weighted by molar-refractivity contribution is 7.16. The minimum absolute atomic E-state index is 0.323. The van der Waals surface area contributed by atoms with Crippen LogP contribution < -0.4 is 5.32 Å². The molecule has 1 aromatic rings. The number of carbonyl (C=O) groups is 2. The van der Waals surface area contributed by atoms with E-state index in [0.717, 1.165) is 4.88 Å². The number of hydrogen-bond donors (Lipinski definition) is 2. The normalized spacial score (nSPS) is 13.2.